The molecular formula is C15H21N5O2. The van der Waals surface area contributed by atoms with E-state index in [1.807, 2.05) is 19.9 Å². The van der Waals surface area contributed by atoms with E-state index in [2.05, 4.69) is 25.0 Å². The standard InChI is InChI=1S/C15H21N5O2/c1-10-8-11(2)17-15(16-10)20-6-4-12(5-7-20)14-18-13(9-21-3)22-19-14/h8,12H,4-7,9H2,1-3H3. The predicted octanol–water partition coefficient (Wildman–Crippen LogP) is 2.01. The first-order chi connectivity index (χ1) is 10.7. The number of aromatic nitrogens is 4. The van der Waals surface area contributed by atoms with Crippen molar-refractivity contribution in [1.29, 1.82) is 0 Å². The lowest BCUT2D eigenvalue weighted by molar-refractivity contribution is 0.151. The summed E-state index contributed by atoms with van der Waals surface area (Å²) in [7, 11) is 1.62. The van der Waals surface area contributed by atoms with Crippen molar-refractivity contribution in [2.45, 2.75) is 39.2 Å². The second-order valence-corrected chi connectivity index (χ2v) is 5.69. The van der Waals surface area contributed by atoms with E-state index in [9.17, 15) is 0 Å². The Labute approximate surface area is 129 Å². The highest BCUT2D eigenvalue weighted by Gasteiger charge is 2.26. The Morgan fingerprint density at radius 2 is 1.86 bits per heavy atom. The monoisotopic (exact) mass is 303 g/mol. The van der Waals surface area contributed by atoms with Gasteiger partial charge in [-0.1, -0.05) is 5.16 Å². The Kier molecular flexibility index (Phi) is 4.33. The topological polar surface area (TPSA) is 77.2 Å². The maximum atomic E-state index is 5.18. The molecule has 7 heteroatoms. The molecule has 0 aromatic carbocycles. The van der Waals surface area contributed by atoms with Crippen molar-refractivity contribution >= 4 is 5.95 Å². The molecule has 3 rings (SSSR count). The summed E-state index contributed by atoms with van der Waals surface area (Å²) in [5.41, 5.74) is 2.01. The van der Waals surface area contributed by atoms with Crippen LogP contribution in [0.25, 0.3) is 0 Å². The quantitative estimate of drug-likeness (QED) is 0.855. The number of hydrogen-bond donors (Lipinski definition) is 0. The van der Waals surface area contributed by atoms with E-state index in [-0.39, 0.29) is 0 Å². The van der Waals surface area contributed by atoms with Crippen molar-refractivity contribution in [1.82, 2.24) is 20.1 Å². The van der Waals surface area contributed by atoms with Gasteiger partial charge in [0.2, 0.25) is 5.95 Å². The van der Waals surface area contributed by atoms with Crippen LogP contribution in [0.3, 0.4) is 0 Å². The number of nitrogens with zero attached hydrogens (tertiary/aromatic N) is 5. The molecular weight excluding hydrogens is 282 g/mol. The number of ether oxygens (including phenoxy) is 1. The molecule has 22 heavy (non-hydrogen) atoms. The average molecular weight is 303 g/mol. The Balaban J connectivity index is 1.64. The summed E-state index contributed by atoms with van der Waals surface area (Å²) in [5.74, 6) is 2.48. The molecule has 0 atom stereocenters. The first-order valence-electron chi connectivity index (χ1n) is 7.54. The number of aryl methyl sites for hydroxylation is 2. The summed E-state index contributed by atoms with van der Waals surface area (Å²) in [6, 6.07) is 1.99. The average Bonchev–Trinajstić information content (AvgIpc) is 2.95. The van der Waals surface area contributed by atoms with Gasteiger partial charge in [-0.15, -0.1) is 0 Å². The second kappa shape index (κ2) is 6.39. The van der Waals surface area contributed by atoms with Crippen molar-refractivity contribution in [3.63, 3.8) is 0 Å². The van der Waals surface area contributed by atoms with Crippen LogP contribution in [0.15, 0.2) is 10.6 Å². The molecule has 1 saturated heterocycles. The van der Waals surface area contributed by atoms with Crippen molar-refractivity contribution in [2.24, 2.45) is 0 Å². The van der Waals surface area contributed by atoms with Gasteiger partial charge in [0.1, 0.15) is 6.61 Å². The van der Waals surface area contributed by atoms with Crippen LogP contribution in [-0.4, -0.2) is 40.3 Å². The molecule has 0 N–H and O–H groups in total. The lowest BCUT2D eigenvalue weighted by Gasteiger charge is -2.30. The van der Waals surface area contributed by atoms with Gasteiger partial charge in [-0.25, -0.2) is 9.97 Å². The van der Waals surface area contributed by atoms with Gasteiger partial charge in [-0.05, 0) is 32.8 Å². The van der Waals surface area contributed by atoms with E-state index in [0.29, 0.717) is 18.4 Å². The lowest BCUT2D eigenvalue weighted by atomic mass is 9.96. The molecule has 1 aliphatic rings. The van der Waals surface area contributed by atoms with Crippen LogP contribution < -0.4 is 4.90 Å². The molecule has 0 amide bonds. The zero-order chi connectivity index (χ0) is 15.5. The number of piperidine rings is 1. The van der Waals surface area contributed by atoms with Gasteiger partial charge in [0.05, 0.1) is 0 Å². The van der Waals surface area contributed by atoms with E-state index >= 15 is 0 Å². The molecule has 2 aromatic heterocycles. The van der Waals surface area contributed by atoms with E-state index < -0.39 is 0 Å². The molecule has 1 fully saturated rings. The van der Waals surface area contributed by atoms with Gasteiger partial charge in [0, 0.05) is 37.5 Å². The second-order valence-electron chi connectivity index (χ2n) is 5.69. The first-order valence-corrected chi connectivity index (χ1v) is 7.54. The maximum absolute atomic E-state index is 5.18. The molecule has 0 unspecified atom stereocenters. The highest BCUT2D eigenvalue weighted by molar-refractivity contribution is 5.33. The summed E-state index contributed by atoms with van der Waals surface area (Å²) in [4.78, 5) is 15.7. The molecule has 3 heterocycles. The molecule has 2 aromatic rings. The molecule has 7 nitrogen and oxygen atoms in total. The van der Waals surface area contributed by atoms with E-state index in [1.54, 1.807) is 7.11 Å². The fourth-order valence-electron chi connectivity index (χ4n) is 2.80. The summed E-state index contributed by atoms with van der Waals surface area (Å²) < 4.78 is 10.2. The number of hydrogen-bond acceptors (Lipinski definition) is 7. The van der Waals surface area contributed by atoms with Crippen LogP contribution in [0.1, 0.15) is 41.9 Å². The molecule has 0 radical (unpaired) electrons. The van der Waals surface area contributed by atoms with Gasteiger partial charge in [0.15, 0.2) is 5.82 Å². The number of methoxy groups -OCH3 is 1. The molecule has 0 spiro atoms. The SMILES string of the molecule is COCc1nc(C2CCN(c3nc(C)cc(C)n3)CC2)no1. The van der Waals surface area contributed by atoms with Crippen LogP contribution in [0.2, 0.25) is 0 Å². The Bertz CT molecular complexity index is 614. The molecule has 0 aliphatic carbocycles. The van der Waals surface area contributed by atoms with Gasteiger partial charge in [0.25, 0.3) is 5.89 Å². The lowest BCUT2D eigenvalue weighted by Crippen LogP contribution is -2.34. The fraction of sp³-hybridized carbons (Fsp3) is 0.600. The smallest absolute Gasteiger partial charge is 0.252 e. The van der Waals surface area contributed by atoms with Crippen molar-refractivity contribution in [3.8, 4) is 0 Å². The molecule has 118 valence electrons. The predicted molar refractivity (Wildman–Crippen MR) is 80.7 cm³/mol. The maximum Gasteiger partial charge on any atom is 0.252 e. The van der Waals surface area contributed by atoms with Gasteiger partial charge < -0.3 is 14.2 Å². The van der Waals surface area contributed by atoms with E-state index in [4.69, 9.17) is 9.26 Å². The Morgan fingerprint density at radius 1 is 1.18 bits per heavy atom. The minimum atomic E-state index is 0.330. The van der Waals surface area contributed by atoms with Crippen LogP contribution in [0, 0.1) is 13.8 Å². The molecule has 0 saturated carbocycles. The summed E-state index contributed by atoms with van der Waals surface area (Å²) in [6.45, 7) is 6.18. The van der Waals surface area contributed by atoms with Gasteiger partial charge >= 0.3 is 0 Å². The third-order valence-corrected chi connectivity index (χ3v) is 3.87. The van der Waals surface area contributed by atoms with Crippen LogP contribution in [0.4, 0.5) is 5.95 Å². The largest absolute Gasteiger partial charge is 0.375 e. The zero-order valence-corrected chi connectivity index (χ0v) is 13.2. The van der Waals surface area contributed by atoms with Crippen molar-refractivity contribution in [2.75, 3.05) is 25.1 Å². The van der Waals surface area contributed by atoms with Gasteiger partial charge in [-0.2, -0.15) is 4.98 Å². The van der Waals surface area contributed by atoms with Gasteiger partial charge in [-0.3, -0.25) is 0 Å². The van der Waals surface area contributed by atoms with E-state index in [1.165, 1.54) is 0 Å². The molecule has 1 aliphatic heterocycles. The first kappa shape index (κ1) is 14.9. The number of anilines is 1. The van der Waals surface area contributed by atoms with Crippen LogP contribution in [-0.2, 0) is 11.3 Å². The minimum absolute atomic E-state index is 0.330. The van der Waals surface area contributed by atoms with Crippen molar-refractivity contribution in [3.05, 3.63) is 29.2 Å². The Hall–Kier alpha value is -2.02. The Morgan fingerprint density at radius 3 is 2.50 bits per heavy atom. The van der Waals surface area contributed by atoms with E-state index in [0.717, 1.165) is 49.1 Å². The minimum Gasteiger partial charge on any atom is -0.375 e. The third kappa shape index (κ3) is 3.24. The highest BCUT2D eigenvalue weighted by atomic mass is 16.5. The zero-order valence-electron chi connectivity index (χ0n) is 13.2. The van der Waals surface area contributed by atoms with Crippen LogP contribution >= 0.6 is 0 Å². The fourth-order valence-corrected chi connectivity index (χ4v) is 2.80. The molecule has 0 bridgehead atoms. The summed E-state index contributed by atoms with van der Waals surface area (Å²) in [5, 5.41) is 4.07. The highest BCUT2D eigenvalue weighted by Crippen LogP contribution is 2.27. The third-order valence-electron chi connectivity index (χ3n) is 3.87. The van der Waals surface area contributed by atoms with Crippen molar-refractivity contribution < 1.29 is 9.26 Å². The van der Waals surface area contributed by atoms with Crippen LogP contribution in [0.5, 0.6) is 0 Å². The summed E-state index contributed by atoms with van der Waals surface area (Å²) >= 11 is 0. The number of rotatable bonds is 4. The summed E-state index contributed by atoms with van der Waals surface area (Å²) in [6.07, 6.45) is 1.95. The normalized spacial score (nSPS) is 16.2.